The monoisotopic (exact) mass is 206 g/mol. The van der Waals surface area contributed by atoms with E-state index in [1.54, 1.807) is 0 Å². The minimum Gasteiger partial charge on any atom is -0.395 e. The highest BCUT2D eigenvalue weighted by Gasteiger charge is 2.17. The Balaban J connectivity index is 2.35. The van der Waals surface area contributed by atoms with Crippen LogP contribution in [0, 0.1) is 0 Å². The van der Waals surface area contributed by atoms with E-state index in [0.29, 0.717) is 6.54 Å². The zero-order valence-corrected chi connectivity index (χ0v) is 8.95. The third-order valence-corrected chi connectivity index (χ3v) is 3.03. The lowest BCUT2D eigenvalue weighted by Crippen LogP contribution is -2.32. The summed E-state index contributed by atoms with van der Waals surface area (Å²) in [5, 5.41) is 9.00. The van der Waals surface area contributed by atoms with E-state index in [2.05, 4.69) is 23.1 Å². The molecule has 0 aromatic heterocycles. The molecule has 0 fully saturated rings. The van der Waals surface area contributed by atoms with Crippen molar-refractivity contribution in [1.82, 2.24) is 0 Å². The van der Waals surface area contributed by atoms with Crippen LogP contribution < -0.4 is 10.6 Å². The van der Waals surface area contributed by atoms with E-state index in [0.717, 1.165) is 25.9 Å². The maximum Gasteiger partial charge on any atom is 0.0606 e. The highest BCUT2D eigenvalue weighted by molar-refractivity contribution is 5.58. The fraction of sp³-hybridized carbons (Fsp3) is 0.500. The molecule has 3 N–H and O–H groups in total. The molecule has 3 heteroatoms. The lowest BCUT2D eigenvalue weighted by molar-refractivity contribution is 0.301. The van der Waals surface area contributed by atoms with Crippen molar-refractivity contribution in [2.75, 3.05) is 24.6 Å². The number of fused-ring (bicyclic) bond motifs is 1. The van der Waals surface area contributed by atoms with Gasteiger partial charge in [-0.1, -0.05) is 12.1 Å². The van der Waals surface area contributed by atoms with Crippen molar-refractivity contribution < 1.29 is 5.11 Å². The maximum atomic E-state index is 9.00. The largest absolute Gasteiger partial charge is 0.395 e. The number of hydrogen-bond acceptors (Lipinski definition) is 3. The second kappa shape index (κ2) is 4.64. The summed E-state index contributed by atoms with van der Waals surface area (Å²) in [5.41, 5.74) is 9.61. The minimum atomic E-state index is 0.215. The second-order valence-electron chi connectivity index (χ2n) is 3.93. The third kappa shape index (κ3) is 1.98. The highest BCUT2D eigenvalue weighted by atomic mass is 16.3. The fourth-order valence-corrected chi connectivity index (χ4v) is 2.32. The van der Waals surface area contributed by atoms with E-state index in [9.17, 15) is 0 Å². The molecule has 15 heavy (non-hydrogen) atoms. The number of β-amino-alcohol motifs (C(OH)–C–C–N with tert-alkyl or cyclic N) is 1. The molecule has 0 spiro atoms. The van der Waals surface area contributed by atoms with E-state index in [-0.39, 0.29) is 6.61 Å². The molecule has 82 valence electrons. The van der Waals surface area contributed by atoms with Crippen LogP contribution in [0.2, 0.25) is 0 Å². The topological polar surface area (TPSA) is 49.5 Å². The Hall–Kier alpha value is -1.06. The van der Waals surface area contributed by atoms with Gasteiger partial charge in [0.25, 0.3) is 0 Å². The van der Waals surface area contributed by atoms with Gasteiger partial charge in [0.05, 0.1) is 6.61 Å². The van der Waals surface area contributed by atoms with Crippen molar-refractivity contribution >= 4 is 5.69 Å². The third-order valence-electron chi connectivity index (χ3n) is 3.03. The first kappa shape index (κ1) is 10.5. The van der Waals surface area contributed by atoms with Gasteiger partial charge in [0, 0.05) is 25.3 Å². The first-order chi connectivity index (χ1) is 7.36. The van der Waals surface area contributed by atoms with Gasteiger partial charge in [-0.05, 0) is 30.0 Å². The molecule has 1 aromatic carbocycles. The summed E-state index contributed by atoms with van der Waals surface area (Å²) in [5.74, 6) is 0. The van der Waals surface area contributed by atoms with Crippen LogP contribution in [0.3, 0.4) is 0 Å². The Kier molecular flexibility index (Phi) is 3.23. The predicted octanol–water partition coefficient (Wildman–Crippen LogP) is 0.890. The van der Waals surface area contributed by atoms with Gasteiger partial charge < -0.3 is 15.7 Å². The van der Waals surface area contributed by atoms with Crippen LogP contribution in [0.25, 0.3) is 0 Å². The van der Waals surface area contributed by atoms with E-state index in [1.807, 2.05) is 0 Å². The molecule has 1 aliphatic heterocycles. The van der Waals surface area contributed by atoms with Crippen LogP contribution in [0.1, 0.15) is 17.5 Å². The zero-order valence-electron chi connectivity index (χ0n) is 8.95. The summed E-state index contributed by atoms with van der Waals surface area (Å²) in [4.78, 5) is 2.25. The number of hydrogen-bond donors (Lipinski definition) is 2. The summed E-state index contributed by atoms with van der Waals surface area (Å²) in [6.07, 6.45) is 2.27. The van der Waals surface area contributed by atoms with Gasteiger partial charge in [-0.15, -0.1) is 0 Å². The molecule has 0 saturated carbocycles. The van der Waals surface area contributed by atoms with E-state index in [4.69, 9.17) is 10.8 Å². The number of nitrogens with zero attached hydrogens (tertiary/aromatic N) is 1. The maximum absolute atomic E-state index is 9.00. The molecular formula is C12H18N2O. The van der Waals surface area contributed by atoms with E-state index < -0.39 is 0 Å². The van der Waals surface area contributed by atoms with Crippen molar-refractivity contribution in [3.05, 3.63) is 29.3 Å². The Morgan fingerprint density at radius 3 is 3.00 bits per heavy atom. The molecule has 0 atom stereocenters. The van der Waals surface area contributed by atoms with Crippen LogP contribution >= 0.6 is 0 Å². The average Bonchev–Trinajstić information content (AvgIpc) is 2.29. The number of rotatable bonds is 3. The number of aliphatic hydroxyl groups excluding tert-OH is 1. The molecule has 0 radical (unpaired) electrons. The van der Waals surface area contributed by atoms with Crippen LogP contribution in [0.5, 0.6) is 0 Å². The first-order valence-electron chi connectivity index (χ1n) is 5.53. The molecule has 1 aromatic rings. The molecule has 1 heterocycles. The van der Waals surface area contributed by atoms with Crippen LogP contribution in [0.4, 0.5) is 5.69 Å². The van der Waals surface area contributed by atoms with Gasteiger partial charge in [-0.25, -0.2) is 0 Å². The Bertz CT molecular complexity index is 338. The Morgan fingerprint density at radius 1 is 1.40 bits per heavy atom. The van der Waals surface area contributed by atoms with E-state index in [1.165, 1.54) is 16.8 Å². The van der Waals surface area contributed by atoms with Crippen LogP contribution in [-0.2, 0) is 13.0 Å². The standard InChI is InChI=1S/C12H18N2O/c13-9-10-3-1-5-12-11(10)4-2-6-14(12)7-8-15/h1,3,5,15H,2,4,6-9,13H2. The predicted molar refractivity (Wildman–Crippen MR) is 62.0 cm³/mol. The Morgan fingerprint density at radius 2 is 2.27 bits per heavy atom. The molecular weight excluding hydrogens is 188 g/mol. The summed E-state index contributed by atoms with van der Waals surface area (Å²) in [6, 6.07) is 6.28. The van der Waals surface area contributed by atoms with Gasteiger partial charge >= 0.3 is 0 Å². The lowest BCUT2D eigenvalue weighted by atomic mass is 9.96. The first-order valence-corrected chi connectivity index (χ1v) is 5.53. The van der Waals surface area contributed by atoms with Gasteiger partial charge in [-0.2, -0.15) is 0 Å². The van der Waals surface area contributed by atoms with Crippen molar-refractivity contribution in [1.29, 1.82) is 0 Å². The van der Waals surface area contributed by atoms with Gasteiger partial charge in [0.1, 0.15) is 0 Å². The van der Waals surface area contributed by atoms with Gasteiger partial charge in [-0.3, -0.25) is 0 Å². The number of aliphatic hydroxyl groups is 1. The molecule has 0 bridgehead atoms. The zero-order chi connectivity index (χ0) is 10.7. The van der Waals surface area contributed by atoms with Crippen molar-refractivity contribution in [3.8, 4) is 0 Å². The SMILES string of the molecule is NCc1cccc2c1CCCN2CCO. The van der Waals surface area contributed by atoms with E-state index >= 15 is 0 Å². The molecule has 0 saturated heterocycles. The molecule has 0 aliphatic carbocycles. The smallest absolute Gasteiger partial charge is 0.0606 e. The summed E-state index contributed by atoms with van der Waals surface area (Å²) >= 11 is 0. The fourth-order valence-electron chi connectivity index (χ4n) is 2.32. The molecule has 1 aliphatic rings. The summed E-state index contributed by atoms with van der Waals surface area (Å²) < 4.78 is 0. The summed E-state index contributed by atoms with van der Waals surface area (Å²) in [7, 11) is 0. The van der Waals surface area contributed by atoms with Gasteiger partial charge in [0.2, 0.25) is 0 Å². The normalized spacial score (nSPS) is 15.2. The second-order valence-corrected chi connectivity index (χ2v) is 3.93. The van der Waals surface area contributed by atoms with Gasteiger partial charge in [0.15, 0.2) is 0 Å². The average molecular weight is 206 g/mol. The lowest BCUT2D eigenvalue weighted by Gasteiger charge is -2.32. The molecule has 3 nitrogen and oxygen atoms in total. The number of nitrogens with two attached hydrogens (primary N) is 1. The Labute approximate surface area is 90.5 Å². The summed E-state index contributed by atoms with van der Waals surface area (Å²) in [6.45, 7) is 2.59. The molecule has 0 unspecified atom stereocenters. The quantitative estimate of drug-likeness (QED) is 0.772. The number of benzene rings is 1. The van der Waals surface area contributed by atoms with Crippen molar-refractivity contribution in [2.24, 2.45) is 5.73 Å². The molecule has 0 amide bonds. The highest BCUT2D eigenvalue weighted by Crippen LogP contribution is 2.29. The minimum absolute atomic E-state index is 0.215. The van der Waals surface area contributed by atoms with Crippen molar-refractivity contribution in [2.45, 2.75) is 19.4 Å². The molecule has 2 rings (SSSR count). The van der Waals surface area contributed by atoms with Crippen LogP contribution in [0.15, 0.2) is 18.2 Å². The van der Waals surface area contributed by atoms with Crippen molar-refractivity contribution in [3.63, 3.8) is 0 Å². The van der Waals surface area contributed by atoms with Crippen LogP contribution in [-0.4, -0.2) is 24.8 Å². The number of anilines is 1.